The van der Waals surface area contributed by atoms with Crippen LogP contribution in [0.1, 0.15) is 27.6 Å². The van der Waals surface area contributed by atoms with Crippen LogP contribution in [0.5, 0.6) is 0 Å². The van der Waals surface area contributed by atoms with E-state index in [1.165, 1.54) is 12.0 Å². The maximum atomic E-state index is 12.0. The number of fused-ring (bicyclic) bond motifs is 1. The highest BCUT2D eigenvalue weighted by molar-refractivity contribution is 6.21. The second-order valence-corrected chi connectivity index (χ2v) is 3.96. The van der Waals surface area contributed by atoms with Gasteiger partial charge in [0.05, 0.1) is 18.2 Å². The van der Waals surface area contributed by atoms with Gasteiger partial charge in [0.15, 0.2) is 0 Å². The molecule has 0 aliphatic carbocycles. The van der Waals surface area contributed by atoms with Gasteiger partial charge in [-0.25, -0.2) is 0 Å². The van der Waals surface area contributed by atoms with Crippen LogP contribution < -0.4 is 5.48 Å². The van der Waals surface area contributed by atoms with E-state index in [4.69, 9.17) is 4.84 Å². The summed E-state index contributed by atoms with van der Waals surface area (Å²) >= 11 is 0. The quantitative estimate of drug-likeness (QED) is 0.643. The topological polar surface area (TPSA) is 58.6 Å². The van der Waals surface area contributed by atoms with Crippen molar-refractivity contribution in [2.75, 3.05) is 13.7 Å². The van der Waals surface area contributed by atoms with Crippen LogP contribution in [-0.4, -0.2) is 30.4 Å². The van der Waals surface area contributed by atoms with Gasteiger partial charge in [-0.1, -0.05) is 12.1 Å². The Bertz CT molecular complexity index is 488. The second-order valence-electron chi connectivity index (χ2n) is 3.96. The molecule has 5 heteroatoms. The number of hydroxylamine groups is 1. The first-order chi connectivity index (χ1) is 8.65. The van der Waals surface area contributed by atoms with E-state index in [0.717, 1.165) is 5.70 Å². The SMILES string of the molecule is CONC(C)=CCN1C(=O)c2ccccc2C1=O. The third kappa shape index (κ3) is 2.12. The molecule has 0 bridgehead atoms. The lowest BCUT2D eigenvalue weighted by Gasteiger charge is -2.11. The number of carbonyl (C=O) groups is 2. The fourth-order valence-electron chi connectivity index (χ4n) is 1.84. The lowest BCUT2D eigenvalue weighted by Crippen LogP contribution is -2.30. The van der Waals surface area contributed by atoms with Gasteiger partial charge in [0.1, 0.15) is 0 Å². The molecular formula is C13H14N2O3. The number of carbonyl (C=O) groups excluding carboxylic acids is 2. The van der Waals surface area contributed by atoms with E-state index >= 15 is 0 Å². The third-order valence-corrected chi connectivity index (χ3v) is 2.72. The van der Waals surface area contributed by atoms with E-state index in [2.05, 4.69) is 5.48 Å². The Labute approximate surface area is 105 Å². The molecule has 0 aromatic heterocycles. The van der Waals surface area contributed by atoms with Crippen LogP contribution in [0.3, 0.4) is 0 Å². The van der Waals surface area contributed by atoms with Gasteiger partial charge in [-0.15, -0.1) is 0 Å². The summed E-state index contributed by atoms with van der Waals surface area (Å²) in [5.74, 6) is -0.505. The summed E-state index contributed by atoms with van der Waals surface area (Å²) in [5.41, 5.74) is 4.31. The number of nitrogens with one attached hydrogen (secondary N) is 1. The molecule has 0 atom stereocenters. The summed E-state index contributed by atoms with van der Waals surface area (Å²) in [5, 5.41) is 0. The lowest BCUT2D eigenvalue weighted by atomic mass is 10.1. The monoisotopic (exact) mass is 246 g/mol. The van der Waals surface area contributed by atoms with Crippen LogP contribution >= 0.6 is 0 Å². The Morgan fingerprint density at radius 1 is 1.28 bits per heavy atom. The van der Waals surface area contributed by atoms with Crippen LogP contribution in [0.2, 0.25) is 0 Å². The van der Waals surface area contributed by atoms with Crippen molar-refractivity contribution >= 4 is 11.8 Å². The molecule has 2 rings (SSSR count). The number of nitrogens with zero attached hydrogens (tertiary/aromatic N) is 1. The molecule has 5 nitrogen and oxygen atoms in total. The largest absolute Gasteiger partial charge is 0.280 e. The highest BCUT2D eigenvalue weighted by atomic mass is 16.6. The molecule has 0 spiro atoms. The molecule has 0 saturated carbocycles. The highest BCUT2D eigenvalue weighted by Crippen LogP contribution is 2.22. The van der Waals surface area contributed by atoms with E-state index < -0.39 is 0 Å². The minimum Gasteiger partial charge on any atom is -0.280 e. The number of rotatable bonds is 4. The molecule has 1 N–H and O–H groups in total. The zero-order chi connectivity index (χ0) is 13.1. The smallest absolute Gasteiger partial charge is 0.261 e. The average Bonchev–Trinajstić information content (AvgIpc) is 2.61. The van der Waals surface area contributed by atoms with E-state index in [0.29, 0.717) is 11.1 Å². The first-order valence-electron chi connectivity index (χ1n) is 5.56. The minimum absolute atomic E-state index is 0.231. The van der Waals surface area contributed by atoms with Crippen molar-refractivity contribution in [3.8, 4) is 0 Å². The van der Waals surface area contributed by atoms with Gasteiger partial charge < -0.3 is 0 Å². The number of hydrogen-bond acceptors (Lipinski definition) is 4. The number of benzene rings is 1. The maximum absolute atomic E-state index is 12.0. The van der Waals surface area contributed by atoms with Crippen molar-refractivity contribution < 1.29 is 14.4 Å². The van der Waals surface area contributed by atoms with Crippen molar-refractivity contribution in [2.24, 2.45) is 0 Å². The van der Waals surface area contributed by atoms with Crippen LogP contribution in [0, 0.1) is 0 Å². The molecule has 0 fully saturated rings. The van der Waals surface area contributed by atoms with Gasteiger partial charge >= 0.3 is 0 Å². The zero-order valence-corrected chi connectivity index (χ0v) is 10.3. The molecule has 0 saturated heterocycles. The number of hydrogen-bond donors (Lipinski definition) is 1. The van der Waals surface area contributed by atoms with Gasteiger partial charge in [0, 0.05) is 12.2 Å². The normalized spacial score (nSPS) is 15.0. The predicted molar refractivity (Wildman–Crippen MR) is 65.7 cm³/mol. The third-order valence-electron chi connectivity index (χ3n) is 2.72. The van der Waals surface area contributed by atoms with E-state index in [1.807, 2.05) is 0 Å². The highest BCUT2D eigenvalue weighted by Gasteiger charge is 2.34. The van der Waals surface area contributed by atoms with Crippen LogP contribution in [0.4, 0.5) is 0 Å². The van der Waals surface area contributed by atoms with Crippen LogP contribution in [0.25, 0.3) is 0 Å². The second kappa shape index (κ2) is 5.01. The summed E-state index contributed by atoms with van der Waals surface area (Å²) in [6.45, 7) is 2.02. The summed E-state index contributed by atoms with van der Waals surface area (Å²) in [7, 11) is 1.50. The van der Waals surface area contributed by atoms with Crippen molar-refractivity contribution in [1.29, 1.82) is 0 Å². The molecule has 94 valence electrons. The Morgan fingerprint density at radius 2 is 1.83 bits per heavy atom. The van der Waals surface area contributed by atoms with Crippen LogP contribution in [-0.2, 0) is 4.84 Å². The van der Waals surface area contributed by atoms with Gasteiger partial charge in [-0.3, -0.25) is 24.8 Å². The van der Waals surface area contributed by atoms with Crippen molar-refractivity contribution in [2.45, 2.75) is 6.92 Å². The Morgan fingerprint density at radius 3 is 2.33 bits per heavy atom. The summed E-state index contributed by atoms with van der Waals surface area (Å²) < 4.78 is 0. The van der Waals surface area contributed by atoms with Crippen molar-refractivity contribution in [3.05, 3.63) is 47.2 Å². The number of allylic oxidation sites excluding steroid dienone is 1. The molecule has 18 heavy (non-hydrogen) atoms. The van der Waals surface area contributed by atoms with E-state index in [-0.39, 0.29) is 18.4 Å². The lowest BCUT2D eigenvalue weighted by molar-refractivity contribution is 0.0670. The first-order valence-corrected chi connectivity index (χ1v) is 5.56. The predicted octanol–water partition coefficient (Wildman–Crippen LogP) is 1.34. The molecule has 2 amide bonds. The molecule has 0 unspecified atom stereocenters. The maximum Gasteiger partial charge on any atom is 0.261 e. The van der Waals surface area contributed by atoms with Crippen LogP contribution in [0.15, 0.2) is 36.0 Å². The Balaban J connectivity index is 2.17. The molecule has 1 heterocycles. The minimum atomic E-state index is -0.253. The molecule has 0 radical (unpaired) electrons. The molecule has 1 aliphatic heterocycles. The van der Waals surface area contributed by atoms with Crippen molar-refractivity contribution in [1.82, 2.24) is 10.4 Å². The number of amides is 2. The molecule has 1 aromatic rings. The standard InChI is InChI=1S/C13H14N2O3/c1-9(14-18-2)7-8-15-12(16)10-5-3-4-6-11(10)13(15)17/h3-7,14H,8H2,1-2H3. The summed E-state index contributed by atoms with van der Waals surface area (Å²) in [6, 6.07) is 6.83. The zero-order valence-electron chi connectivity index (χ0n) is 10.3. The van der Waals surface area contributed by atoms with E-state index in [9.17, 15) is 9.59 Å². The Kier molecular flexibility index (Phi) is 3.43. The van der Waals surface area contributed by atoms with Gasteiger partial charge in [-0.05, 0) is 25.1 Å². The fraction of sp³-hybridized carbons (Fsp3) is 0.231. The summed E-state index contributed by atoms with van der Waals surface area (Å²) in [6.07, 6.45) is 1.73. The molecule has 1 aliphatic rings. The summed E-state index contributed by atoms with van der Waals surface area (Å²) in [4.78, 5) is 29.9. The van der Waals surface area contributed by atoms with Gasteiger partial charge in [0.25, 0.3) is 11.8 Å². The first kappa shape index (κ1) is 12.3. The van der Waals surface area contributed by atoms with E-state index in [1.54, 1.807) is 37.3 Å². The van der Waals surface area contributed by atoms with Crippen molar-refractivity contribution in [3.63, 3.8) is 0 Å². The number of imide groups is 1. The Hall–Kier alpha value is -2.14. The average molecular weight is 246 g/mol. The van der Waals surface area contributed by atoms with Gasteiger partial charge in [0.2, 0.25) is 0 Å². The molecular weight excluding hydrogens is 232 g/mol. The molecule has 1 aromatic carbocycles. The van der Waals surface area contributed by atoms with Gasteiger partial charge in [-0.2, -0.15) is 0 Å². The fourth-order valence-corrected chi connectivity index (χ4v) is 1.84.